The summed E-state index contributed by atoms with van der Waals surface area (Å²) in [6.07, 6.45) is 6.10. The Kier molecular flexibility index (Phi) is 6.68. The molecular formula is C21H28N4O3. The lowest BCUT2D eigenvalue weighted by atomic mass is 9.93. The SMILES string of the molecule is CCCCC(=O)N1CCC[C@@H](c2[nH]ncc2NC(=O)c2ccc(OC)cc2)C1. The molecule has 0 spiro atoms. The zero-order valence-corrected chi connectivity index (χ0v) is 16.5. The maximum Gasteiger partial charge on any atom is 0.255 e. The van der Waals surface area contributed by atoms with Crippen LogP contribution in [0.3, 0.4) is 0 Å². The van der Waals surface area contributed by atoms with Crippen LogP contribution in [-0.4, -0.2) is 47.1 Å². The molecule has 7 heteroatoms. The highest BCUT2D eigenvalue weighted by atomic mass is 16.5. The molecule has 1 saturated heterocycles. The molecule has 1 fully saturated rings. The normalized spacial score (nSPS) is 16.6. The summed E-state index contributed by atoms with van der Waals surface area (Å²) in [4.78, 5) is 26.9. The molecule has 3 rings (SSSR count). The fourth-order valence-corrected chi connectivity index (χ4v) is 3.57. The van der Waals surface area contributed by atoms with Crippen molar-refractivity contribution >= 4 is 17.5 Å². The molecule has 150 valence electrons. The van der Waals surface area contributed by atoms with Crippen molar-refractivity contribution in [3.8, 4) is 5.75 Å². The van der Waals surface area contributed by atoms with Crippen LogP contribution in [0.25, 0.3) is 0 Å². The van der Waals surface area contributed by atoms with E-state index in [0.717, 1.165) is 37.9 Å². The number of H-pyrrole nitrogens is 1. The fraction of sp³-hybridized carbons (Fsp3) is 0.476. The van der Waals surface area contributed by atoms with Crippen LogP contribution in [0.4, 0.5) is 5.69 Å². The first kappa shape index (κ1) is 19.9. The third-order valence-electron chi connectivity index (χ3n) is 5.20. The smallest absolute Gasteiger partial charge is 0.255 e. The van der Waals surface area contributed by atoms with Crippen LogP contribution in [0.2, 0.25) is 0 Å². The third-order valence-corrected chi connectivity index (χ3v) is 5.20. The van der Waals surface area contributed by atoms with E-state index in [1.165, 1.54) is 0 Å². The molecule has 0 radical (unpaired) electrons. The Morgan fingerprint density at radius 2 is 2.11 bits per heavy atom. The number of aromatic amines is 1. The van der Waals surface area contributed by atoms with Gasteiger partial charge in [0.2, 0.25) is 5.91 Å². The number of likely N-dealkylation sites (tertiary alicyclic amines) is 1. The minimum Gasteiger partial charge on any atom is -0.497 e. The number of amides is 2. The van der Waals surface area contributed by atoms with Crippen molar-refractivity contribution in [3.05, 3.63) is 41.7 Å². The summed E-state index contributed by atoms with van der Waals surface area (Å²) >= 11 is 0. The molecule has 1 aliphatic heterocycles. The van der Waals surface area contributed by atoms with E-state index in [4.69, 9.17) is 4.74 Å². The highest BCUT2D eigenvalue weighted by molar-refractivity contribution is 6.04. The number of nitrogens with one attached hydrogen (secondary N) is 2. The van der Waals surface area contributed by atoms with E-state index in [0.29, 0.717) is 30.0 Å². The molecule has 7 nitrogen and oxygen atoms in total. The Hall–Kier alpha value is -2.83. The summed E-state index contributed by atoms with van der Waals surface area (Å²) in [6, 6.07) is 6.96. The van der Waals surface area contributed by atoms with Gasteiger partial charge in [0, 0.05) is 31.0 Å². The molecule has 0 aliphatic carbocycles. The molecule has 1 aromatic carbocycles. The quantitative estimate of drug-likeness (QED) is 0.764. The maximum absolute atomic E-state index is 12.6. The van der Waals surface area contributed by atoms with E-state index in [-0.39, 0.29) is 17.7 Å². The second-order valence-electron chi connectivity index (χ2n) is 7.16. The second-order valence-corrected chi connectivity index (χ2v) is 7.16. The number of rotatable bonds is 7. The number of ether oxygens (including phenoxy) is 1. The summed E-state index contributed by atoms with van der Waals surface area (Å²) in [5, 5.41) is 10.1. The number of unbranched alkanes of at least 4 members (excludes halogenated alkanes) is 1. The number of benzene rings is 1. The summed E-state index contributed by atoms with van der Waals surface area (Å²) < 4.78 is 5.13. The summed E-state index contributed by atoms with van der Waals surface area (Å²) in [7, 11) is 1.59. The Bertz CT molecular complexity index is 800. The van der Waals surface area contributed by atoms with Crippen LogP contribution in [-0.2, 0) is 4.79 Å². The van der Waals surface area contributed by atoms with Gasteiger partial charge in [0.1, 0.15) is 5.75 Å². The minimum absolute atomic E-state index is 0.146. The summed E-state index contributed by atoms with van der Waals surface area (Å²) in [5.74, 6) is 0.871. The first-order valence-electron chi connectivity index (χ1n) is 9.88. The first-order chi connectivity index (χ1) is 13.6. The fourth-order valence-electron chi connectivity index (χ4n) is 3.57. The molecule has 2 amide bonds. The largest absolute Gasteiger partial charge is 0.497 e. The zero-order chi connectivity index (χ0) is 19.9. The number of aromatic nitrogens is 2. The number of nitrogens with zero attached hydrogens (tertiary/aromatic N) is 2. The van der Waals surface area contributed by atoms with Crippen molar-refractivity contribution in [1.29, 1.82) is 0 Å². The predicted molar refractivity (Wildman–Crippen MR) is 108 cm³/mol. The molecule has 0 saturated carbocycles. The average molecular weight is 384 g/mol. The number of methoxy groups -OCH3 is 1. The molecule has 2 heterocycles. The van der Waals surface area contributed by atoms with E-state index < -0.39 is 0 Å². The van der Waals surface area contributed by atoms with Gasteiger partial charge < -0.3 is 15.0 Å². The average Bonchev–Trinajstić information content (AvgIpc) is 3.20. The van der Waals surface area contributed by atoms with E-state index in [1.54, 1.807) is 37.6 Å². The lowest BCUT2D eigenvalue weighted by molar-refractivity contribution is -0.132. The molecule has 1 aliphatic rings. The van der Waals surface area contributed by atoms with Crippen LogP contribution in [0.15, 0.2) is 30.5 Å². The zero-order valence-electron chi connectivity index (χ0n) is 16.5. The van der Waals surface area contributed by atoms with Gasteiger partial charge >= 0.3 is 0 Å². The summed E-state index contributed by atoms with van der Waals surface area (Å²) in [6.45, 7) is 3.56. The van der Waals surface area contributed by atoms with E-state index in [2.05, 4.69) is 22.4 Å². The van der Waals surface area contributed by atoms with Gasteiger partial charge in [-0.3, -0.25) is 14.7 Å². The Morgan fingerprint density at radius 1 is 1.32 bits per heavy atom. The van der Waals surface area contributed by atoms with Crippen molar-refractivity contribution in [2.24, 2.45) is 0 Å². The van der Waals surface area contributed by atoms with Gasteiger partial charge in [0.05, 0.1) is 24.7 Å². The monoisotopic (exact) mass is 384 g/mol. The number of carbonyl (C=O) groups excluding carboxylic acids is 2. The maximum atomic E-state index is 12.6. The van der Waals surface area contributed by atoms with Crippen LogP contribution in [0.1, 0.15) is 61.0 Å². The number of piperidine rings is 1. The molecular weight excluding hydrogens is 356 g/mol. The standard InChI is InChI=1S/C21H28N4O3/c1-3-4-7-19(26)25-12-5-6-16(14-25)20-18(13-22-24-20)23-21(27)15-8-10-17(28-2)11-9-15/h8-11,13,16H,3-7,12,14H2,1-2H3,(H,22,24)(H,23,27)/t16-/m1/s1. The lowest BCUT2D eigenvalue weighted by Gasteiger charge is -2.32. The number of anilines is 1. The van der Waals surface area contributed by atoms with Gasteiger partial charge in [-0.2, -0.15) is 5.10 Å². The number of carbonyl (C=O) groups is 2. The molecule has 2 aromatic rings. The van der Waals surface area contributed by atoms with Crippen molar-refractivity contribution in [3.63, 3.8) is 0 Å². The van der Waals surface area contributed by atoms with E-state index in [9.17, 15) is 9.59 Å². The topological polar surface area (TPSA) is 87.3 Å². The van der Waals surface area contributed by atoms with E-state index >= 15 is 0 Å². The van der Waals surface area contributed by atoms with Crippen LogP contribution in [0, 0.1) is 0 Å². The van der Waals surface area contributed by atoms with Crippen LogP contribution < -0.4 is 10.1 Å². The molecule has 0 unspecified atom stereocenters. The van der Waals surface area contributed by atoms with Crippen molar-refractivity contribution in [2.45, 2.75) is 44.9 Å². The predicted octanol–water partition coefficient (Wildman–Crippen LogP) is 3.57. The van der Waals surface area contributed by atoms with Crippen LogP contribution >= 0.6 is 0 Å². The minimum atomic E-state index is -0.197. The lowest BCUT2D eigenvalue weighted by Crippen LogP contribution is -2.39. The van der Waals surface area contributed by atoms with Crippen molar-refractivity contribution < 1.29 is 14.3 Å². The number of hydrogen-bond donors (Lipinski definition) is 2. The van der Waals surface area contributed by atoms with Crippen LogP contribution in [0.5, 0.6) is 5.75 Å². The number of hydrogen-bond acceptors (Lipinski definition) is 4. The Morgan fingerprint density at radius 3 is 2.82 bits per heavy atom. The highest BCUT2D eigenvalue weighted by Crippen LogP contribution is 2.31. The highest BCUT2D eigenvalue weighted by Gasteiger charge is 2.27. The molecule has 28 heavy (non-hydrogen) atoms. The first-order valence-corrected chi connectivity index (χ1v) is 9.88. The Balaban J connectivity index is 1.67. The van der Waals surface area contributed by atoms with Gasteiger partial charge in [0.25, 0.3) is 5.91 Å². The molecule has 1 atom stereocenters. The van der Waals surface area contributed by atoms with Gasteiger partial charge in [0.15, 0.2) is 0 Å². The van der Waals surface area contributed by atoms with Crippen molar-refractivity contribution in [2.75, 3.05) is 25.5 Å². The van der Waals surface area contributed by atoms with Gasteiger partial charge in [-0.25, -0.2) is 0 Å². The van der Waals surface area contributed by atoms with Gasteiger partial charge in [-0.15, -0.1) is 0 Å². The summed E-state index contributed by atoms with van der Waals surface area (Å²) in [5.41, 5.74) is 2.11. The second kappa shape index (κ2) is 9.39. The van der Waals surface area contributed by atoms with Gasteiger partial charge in [-0.1, -0.05) is 13.3 Å². The van der Waals surface area contributed by atoms with E-state index in [1.807, 2.05) is 4.90 Å². The molecule has 0 bridgehead atoms. The Labute approximate surface area is 165 Å². The van der Waals surface area contributed by atoms with Crippen molar-refractivity contribution in [1.82, 2.24) is 15.1 Å². The molecule has 2 N–H and O–H groups in total. The third kappa shape index (κ3) is 4.71. The van der Waals surface area contributed by atoms with Gasteiger partial charge in [-0.05, 0) is 43.5 Å². The molecule has 1 aromatic heterocycles.